The summed E-state index contributed by atoms with van der Waals surface area (Å²) in [6.45, 7) is 10.1. The van der Waals surface area contributed by atoms with E-state index in [1.165, 1.54) is 6.08 Å². The lowest BCUT2D eigenvalue weighted by molar-refractivity contribution is -0.151. The lowest BCUT2D eigenvalue weighted by Crippen LogP contribution is -2.44. The number of alkyl carbamates (subject to hydrolysis) is 1. The Bertz CT molecular complexity index is 628. The van der Waals surface area contributed by atoms with E-state index in [4.69, 9.17) is 14.3 Å². The molecule has 1 aromatic rings. The smallest absolute Gasteiger partial charge is 0.408 e. The molecule has 0 aliphatic carbocycles. The summed E-state index contributed by atoms with van der Waals surface area (Å²) in [7, 11) is 1.87. The molecule has 7 heteroatoms. The van der Waals surface area contributed by atoms with Crippen molar-refractivity contribution in [2.45, 2.75) is 58.3 Å². The van der Waals surface area contributed by atoms with Crippen LogP contribution in [0.1, 0.15) is 45.6 Å². The van der Waals surface area contributed by atoms with Crippen LogP contribution in [0.5, 0.6) is 0 Å². The summed E-state index contributed by atoms with van der Waals surface area (Å²) in [6.07, 6.45) is 2.81. The van der Waals surface area contributed by atoms with E-state index in [2.05, 4.69) is 11.9 Å². The molecule has 1 atom stereocenters. The molecule has 0 fully saturated rings. The SMILES string of the molecule is C=CCOC(=O)[C@H](CCCCN(C)OCc1ccccc1)NC(=O)OC(C)(C)C. The highest BCUT2D eigenvalue weighted by Crippen LogP contribution is 2.10. The fraction of sp³-hybridized carbons (Fsp3) is 0.545. The number of esters is 1. The molecule has 0 aliphatic heterocycles. The molecule has 162 valence electrons. The summed E-state index contributed by atoms with van der Waals surface area (Å²) in [4.78, 5) is 29.9. The van der Waals surface area contributed by atoms with Crippen LogP contribution in [0.15, 0.2) is 43.0 Å². The number of benzene rings is 1. The number of hydroxylamine groups is 2. The van der Waals surface area contributed by atoms with Crippen molar-refractivity contribution in [3.8, 4) is 0 Å². The second kappa shape index (κ2) is 13.0. The first-order valence-corrected chi connectivity index (χ1v) is 9.86. The van der Waals surface area contributed by atoms with E-state index in [1.807, 2.05) is 37.4 Å². The van der Waals surface area contributed by atoms with Crippen LogP contribution in [0, 0.1) is 0 Å². The number of nitrogens with zero attached hydrogens (tertiary/aromatic N) is 1. The average molecular weight is 407 g/mol. The lowest BCUT2D eigenvalue weighted by Gasteiger charge is -2.23. The number of amides is 1. The molecular weight excluding hydrogens is 372 g/mol. The molecule has 0 unspecified atom stereocenters. The first-order valence-electron chi connectivity index (χ1n) is 9.86. The summed E-state index contributed by atoms with van der Waals surface area (Å²) < 4.78 is 10.3. The van der Waals surface area contributed by atoms with Crippen molar-refractivity contribution in [1.29, 1.82) is 0 Å². The van der Waals surface area contributed by atoms with Gasteiger partial charge in [0, 0.05) is 13.6 Å². The van der Waals surface area contributed by atoms with Gasteiger partial charge in [0.2, 0.25) is 0 Å². The first kappa shape index (κ1) is 24.7. The third kappa shape index (κ3) is 11.9. The Hall–Kier alpha value is -2.38. The van der Waals surface area contributed by atoms with Gasteiger partial charge in [0.15, 0.2) is 0 Å². The second-order valence-corrected chi connectivity index (χ2v) is 7.72. The number of rotatable bonds is 12. The van der Waals surface area contributed by atoms with Gasteiger partial charge < -0.3 is 14.8 Å². The van der Waals surface area contributed by atoms with E-state index < -0.39 is 23.7 Å². The van der Waals surface area contributed by atoms with Crippen LogP contribution in [0.25, 0.3) is 0 Å². The zero-order valence-electron chi connectivity index (χ0n) is 18.0. The van der Waals surface area contributed by atoms with Crippen molar-refractivity contribution in [1.82, 2.24) is 10.4 Å². The number of nitrogens with one attached hydrogen (secondary N) is 1. The van der Waals surface area contributed by atoms with Crippen molar-refractivity contribution < 1.29 is 23.9 Å². The minimum atomic E-state index is -0.764. The summed E-state index contributed by atoms with van der Waals surface area (Å²) >= 11 is 0. The van der Waals surface area contributed by atoms with Gasteiger partial charge in [0.25, 0.3) is 0 Å². The van der Waals surface area contributed by atoms with Gasteiger partial charge in [-0.2, -0.15) is 5.06 Å². The molecule has 0 aliphatic rings. The molecule has 1 amide bonds. The number of unbranched alkanes of at least 4 members (excludes halogenated alkanes) is 1. The third-order valence-electron chi connectivity index (χ3n) is 3.83. The molecule has 1 N–H and O–H groups in total. The Balaban J connectivity index is 2.40. The van der Waals surface area contributed by atoms with Crippen molar-refractivity contribution >= 4 is 12.1 Å². The van der Waals surface area contributed by atoms with Gasteiger partial charge in [-0.1, -0.05) is 43.0 Å². The zero-order valence-corrected chi connectivity index (χ0v) is 18.0. The van der Waals surface area contributed by atoms with E-state index >= 15 is 0 Å². The molecule has 0 aromatic heterocycles. The first-order chi connectivity index (χ1) is 13.7. The standard InChI is InChI=1S/C22H34N2O5/c1-6-16-27-20(25)19(23-21(26)29-22(2,3)4)14-10-11-15-24(5)28-17-18-12-8-7-9-13-18/h6-9,12-13,19H,1,10-11,14-17H2,2-5H3,(H,23,26)/t19-/m0/s1. The maximum atomic E-state index is 12.2. The predicted octanol–water partition coefficient (Wildman–Crippen LogP) is 3.84. The monoisotopic (exact) mass is 406 g/mol. The van der Waals surface area contributed by atoms with E-state index in [0.29, 0.717) is 26.0 Å². The average Bonchev–Trinajstić information content (AvgIpc) is 2.66. The van der Waals surface area contributed by atoms with Crippen molar-refractivity contribution in [2.75, 3.05) is 20.2 Å². The van der Waals surface area contributed by atoms with E-state index in [0.717, 1.165) is 12.0 Å². The van der Waals surface area contributed by atoms with E-state index in [9.17, 15) is 9.59 Å². The van der Waals surface area contributed by atoms with Crippen LogP contribution in [-0.2, 0) is 25.7 Å². The van der Waals surface area contributed by atoms with Gasteiger partial charge in [0.1, 0.15) is 18.2 Å². The molecule has 7 nitrogen and oxygen atoms in total. The molecule has 29 heavy (non-hydrogen) atoms. The van der Waals surface area contributed by atoms with Gasteiger partial charge >= 0.3 is 12.1 Å². The number of hydrogen-bond donors (Lipinski definition) is 1. The van der Waals surface area contributed by atoms with Gasteiger partial charge in [-0.3, -0.25) is 4.84 Å². The summed E-state index contributed by atoms with van der Waals surface area (Å²) in [5, 5.41) is 4.38. The highest BCUT2D eigenvalue weighted by molar-refractivity contribution is 5.81. The molecule has 0 bridgehead atoms. The number of carbonyl (C=O) groups excluding carboxylic acids is 2. The topological polar surface area (TPSA) is 77.1 Å². The second-order valence-electron chi connectivity index (χ2n) is 7.72. The molecule has 0 saturated heterocycles. The molecule has 0 heterocycles. The van der Waals surface area contributed by atoms with E-state index in [1.54, 1.807) is 25.8 Å². The summed E-state index contributed by atoms with van der Waals surface area (Å²) in [5.41, 5.74) is 0.462. The Morgan fingerprint density at radius 1 is 1.21 bits per heavy atom. The minimum Gasteiger partial charge on any atom is -0.460 e. The van der Waals surface area contributed by atoms with Crippen molar-refractivity contribution in [3.05, 3.63) is 48.6 Å². The summed E-state index contributed by atoms with van der Waals surface area (Å²) in [6, 6.07) is 9.17. The predicted molar refractivity (Wildman–Crippen MR) is 112 cm³/mol. The maximum absolute atomic E-state index is 12.2. The van der Waals surface area contributed by atoms with Crippen LogP contribution in [0.2, 0.25) is 0 Å². The minimum absolute atomic E-state index is 0.0986. The van der Waals surface area contributed by atoms with Gasteiger partial charge in [0.05, 0.1) is 6.61 Å². The Kier molecular flexibility index (Phi) is 11.0. The molecule has 0 spiro atoms. The highest BCUT2D eigenvalue weighted by Gasteiger charge is 2.25. The third-order valence-corrected chi connectivity index (χ3v) is 3.83. The molecule has 1 aromatic carbocycles. The Morgan fingerprint density at radius 2 is 1.90 bits per heavy atom. The molecule has 1 rings (SSSR count). The lowest BCUT2D eigenvalue weighted by atomic mass is 10.1. The van der Waals surface area contributed by atoms with Gasteiger partial charge in [-0.05, 0) is 45.6 Å². The fourth-order valence-electron chi connectivity index (χ4n) is 2.45. The van der Waals surface area contributed by atoms with Gasteiger partial charge in [-0.15, -0.1) is 0 Å². The van der Waals surface area contributed by atoms with Crippen molar-refractivity contribution in [2.24, 2.45) is 0 Å². The maximum Gasteiger partial charge on any atom is 0.408 e. The largest absolute Gasteiger partial charge is 0.460 e. The number of ether oxygens (including phenoxy) is 2. The normalized spacial score (nSPS) is 12.3. The molecule has 0 radical (unpaired) electrons. The number of carbonyl (C=O) groups is 2. The number of hydrogen-bond acceptors (Lipinski definition) is 6. The van der Waals surface area contributed by atoms with Crippen LogP contribution < -0.4 is 5.32 Å². The van der Waals surface area contributed by atoms with Crippen molar-refractivity contribution in [3.63, 3.8) is 0 Å². The van der Waals surface area contributed by atoms with Gasteiger partial charge in [-0.25, -0.2) is 9.59 Å². The fourth-order valence-corrected chi connectivity index (χ4v) is 2.45. The highest BCUT2D eigenvalue weighted by atomic mass is 16.7. The van der Waals surface area contributed by atoms with Crippen LogP contribution >= 0.6 is 0 Å². The molecular formula is C22H34N2O5. The van der Waals surface area contributed by atoms with Crippen LogP contribution in [-0.4, -0.2) is 49.0 Å². The quantitative estimate of drug-likeness (QED) is 0.246. The zero-order chi connectivity index (χ0) is 21.7. The van der Waals surface area contributed by atoms with Crippen LogP contribution in [0.4, 0.5) is 4.79 Å². The Labute approximate surface area is 174 Å². The molecule has 0 saturated carbocycles. The Morgan fingerprint density at radius 3 is 2.52 bits per heavy atom. The summed E-state index contributed by atoms with van der Waals surface area (Å²) in [5.74, 6) is -0.496. The van der Waals surface area contributed by atoms with E-state index in [-0.39, 0.29) is 6.61 Å². The van der Waals surface area contributed by atoms with Crippen LogP contribution in [0.3, 0.4) is 0 Å².